The molecule has 0 spiro atoms. The van der Waals surface area contributed by atoms with E-state index >= 15 is 0 Å². The van der Waals surface area contributed by atoms with E-state index in [0.29, 0.717) is 28.2 Å². The Bertz CT molecular complexity index is 758. The van der Waals surface area contributed by atoms with Crippen molar-refractivity contribution in [2.45, 2.75) is 16.3 Å². The maximum atomic E-state index is 13.9. The molecule has 0 aromatic heterocycles. The topological polar surface area (TPSA) is 67.8 Å². The third kappa shape index (κ3) is 4.40. The number of hydrogen-bond donors (Lipinski definition) is 2. The van der Waals surface area contributed by atoms with Gasteiger partial charge in [-0.05, 0) is 29.8 Å². The first kappa shape index (κ1) is 17.5. The van der Waals surface area contributed by atoms with Gasteiger partial charge >= 0.3 is 5.25 Å². The largest absolute Gasteiger partial charge is 0.454 e. The Kier molecular flexibility index (Phi) is 5.10. The molecule has 1 heterocycles. The van der Waals surface area contributed by atoms with Gasteiger partial charge < -0.3 is 19.9 Å². The average Bonchev–Trinajstić information content (AvgIpc) is 3.07. The second-order valence-corrected chi connectivity index (χ2v) is 6.56. The summed E-state index contributed by atoms with van der Waals surface area (Å²) in [5, 5.41) is 8.92. The van der Waals surface area contributed by atoms with E-state index in [2.05, 4.69) is 5.32 Å². The lowest BCUT2D eigenvalue weighted by molar-refractivity contribution is -0.130. The van der Waals surface area contributed by atoms with Crippen molar-refractivity contribution in [1.82, 2.24) is 5.32 Å². The molecule has 1 unspecified atom stereocenters. The monoisotopic (exact) mass is 367 g/mol. The molecule has 5 nitrogen and oxygen atoms in total. The van der Waals surface area contributed by atoms with Crippen molar-refractivity contribution in [3.8, 4) is 11.5 Å². The Morgan fingerprint density at radius 3 is 2.68 bits per heavy atom. The predicted octanol–water partition coefficient (Wildman–Crippen LogP) is 2.95. The number of thioether (sulfide) groups is 1. The van der Waals surface area contributed by atoms with Gasteiger partial charge in [0.05, 0.1) is 6.54 Å². The molecule has 2 aromatic rings. The van der Waals surface area contributed by atoms with Gasteiger partial charge in [0.1, 0.15) is 0 Å². The SMILES string of the molecule is O=C(NCC(F)(F)Sc1ccccc1)C(O)c1ccc2c(c1)OCO2. The molecule has 8 heteroatoms. The molecule has 1 amide bonds. The number of rotatable bonds is 6. The Hall–Kier alpha value is -2.32. The molecule has 0 bridgehead atoms. The Labute approximate surface area is 146 Å². The highest BCUT2D eigenvalue weighted by atomic mass is 32.2. The van der Waals surface area contributed by atoms with Crippen LogP contribution < -0.4 is 14.8 Å². The van der Waals surface area contributed by atoms with E-state index in [4.69, 9.17) is 9.47 Å². The number of benzene rings is 2. The Morgan fingerprint density at radius 2 is 1.92 bits per heavy atom. The van der Waals surface area contributed by atoms with Gasteiger partial charge in [0, 0.05) is 4.90 Å². The summed E-state index contributed by atoms with van der Waals surface area (Å²) in [5.74, 6) is -0.0105. The number of carbonyl (C=O) groups is 1. The number of aliphatic hydroxyl groups is 1. The molecular formula is C17H15F2NO4S. The third-order valence-corrected chi connectivity index (χ3v) is 4.39. The van der Waals surface area contributed by atoms with E-state index in [9.17, 15) is 18.7 Å². The van der Waals surface area contributed by atoms with Crippen molar-refractivity contribution in [3.63, 3.8) is 0 Å². The van der Waals surface area contributed by atoms with Crippen LogP contribution in [0.2, 0.25) is 0 Å². The van der Waals surface area contributed by atoms with Crippen LogP contribution >= 0.6 is 11.8 Å². The van der Waals surface area contributed by atoms with Gasteiger partial charge in [-0.3, -0.25) is 4.79 Å². The molecule has 25 heavy (non-hydrogen) atoms. The van der Waals surface area contributed by atoms with Gasteiger partial charge in [0.25, 0.3) is 5.91 Å². The number of ether oxygens (including phenoxy) is 2. The minimum absolute atomic E-state index is 0.0595. The van der Waals surface area contributed by atoms with E-state index in [1.165, 1.54) is 12.1 Å². The standard InChI is InChI=1S/C17H15F2NO4S/c18-17(19,25-12-4-2-1-3-5-12)9-20-16(22)15(21)11-6-7-13-14(8-11)24-10-23-13/h1-8,15,21H,9-10H2,(H,20,22). The lowest BCUT2D eigenvalue weighted by Gasteiger charge is -2.18. The van der Waals surface area contributed by atoms with Crippen LogP contribution in [0.4, 0.5) is 8.78 Å². The average molecular weight is 367 g/mol. The molecule has 3 rings (SSSR count). The van der Waals surface area contributed by atoms with Crippen LogP contribution in [0, 0.1) is 0 Å². The van der Waals surface area contributed by atoms with Gasteiger partial charge in [-0.2, -0.15) is 8.78 Å². The minimum Gasteiger partial charge on any atom is -0.454 e. The van der Waals surface area contributed by atoms with Crippen molar-refractivity contribution in [2.24, 2.45) is 0 Å². The number of nitrogens with one attached hydrogen (secondary N) is 1. The van der Waals surface area contributed by atoms with Crippen LogP contribution in [0.5, 0.6) is 11.5 Å². The molecule has 0 saturated carbocycles. The van der Waals surface area contributed by atoms with Crippen LogP contribution in [0.3, 0.4) is 0 Å². The molecule has 0 fully saturated rings. The van der Waals surface area contributed by atoms with Gasteiger partial charge in [-0.25, -0.2) is 0 Å². The second kappa shape index (κ2) is 7.28. The molecule has 1 aliphatic heterocycles. The van der Waals surface area contributed by atoms with E-state index in [1.807, 2.05) is 0 Å². The smallest absolute Gasteiger partial charge is 0.315 e. The summed E-state index contributed by atoms with van der Waals surface area (Å²) in [6.07, 6.45) is -1.58. The highest BCUT2D eigenvalue weighted by Gasteiger charge is 2.32. The summed E-state index contributed by atoms with van der Waals surface area (Å²) in [7, 11) is 0. The molecule has 2 aromatic carbocycles. The third-order valence-electron chi connectivity index (χ3n) is 3.44. The van der Waals surface area contributed by atoms with Crippen LogP contribution in [0.25, 0.3) is 0 Å². The van der Waals surface area contributed by atoms with Crippen LogP contribution in [-0.4, -0.2) is 29.6 Å². The number of alkyl halides is 2. The number of amides is 1. The van der Waals surface area contributed by atoms with Crippen molar-refractivity contribution in [1.29, 1.82) is 0 Å². The highest BCUT2D eigenvalue weighted by Crippen LogP contribution is 2.36. The normalized spacial score (nSPS) is 14.2. The molecule has 2 N–H and O–H groups in total. The molecule has 0 aliphatic carbocycles. The first-order valence-corrected chi connectivity index (χ1v) is 8.23. The Morgan fingerprint density at radius 1 is 1.20 bits per heavy atom. The molecular weight excluding hydrogens is 352 g/mol. The zero-order valence-corrected chi connectivity index (χ0v) is 13.8. The van der Waals surface area contributed by atoms with Crippen molar-refractivity contribution >= 4 is 17.7 Å². The lowest BCUT2D eigenvalue weighted by Crippen LogP contribution is -2.37. The maximum Gasteiger partial charge on any atom is 0.315 e. The van der Waals surface area contributed by atoms with Crippen LogP contribution in [0.15, 0.2) is 53.4 Å². The molecule has 0 radical (unpaired) electrons. The predicted molar refractivity (Wildman–Crippen MR) is 87.8 cm³/mol. The highest BCUT2D eigenvalue weighted by molar-refractivity contribution is 8.00. The molecule has 1 atom stereocenters. The second-order valence-electron chi connectivity index (χ2n) is 5.29. The fourth-order valence-corrected chi connectivity index (χ4v) is 3.00. The summed E-state index contributed by atoms with van der Waals surface area (Å²) < 4.78 is 38.2. The zero-order valence-electron chi connectivity index (χ0n) is 12.9. The summed E-state index contributed by atoms with van der Waals surface area (Å²) >= 11 is 0.345. The van der Waals surface area contributed by atoms with E-state index in [1.54, 1.807) is 36.4 Å². The number of carbonyl (C=O) groups excluding carboxylic acids is 1. The molecule has 132 valence electrons. The van der Waals surface area contributed by atoms with Gasteiger partial charge in [0.2, 0.25) is 6.79 Å². The zero-order chi connectivity index (χ0) is 17.9. The first-order valence-electron chi connectivity index (χ1n) is 7.42. The van der Waals surface area contributed by atoms with E-state index < -0.39 is 23.8 Å². The summed E-state index contributed by atoms with van der Waals surface area (Å²) in [5.41, 5.74) is 0.237. The Balaban J connectivity index is 1.58. The molecule has 1 aliphatic rings. The van der Waals surface area contributed by atoms with Crippen LogP contribution in [-0.2, 0) is 4.79 Å². The number of halogens is 2. The quantitative estimate of drug-likeness (QED) is 0.769. The van der Waals surface area contributed by atoms with Crippen LogP contribution in [0.1, 0.15) is 11.7 Å². The van der Waals surface area contributed by atoms with Gasteiger partial charge in [-0.1, -0.05) is 36.0 Å². The number of fused-ring (bicyclic) bond motifs is 1. The van der Waals surface area contributed by atoms with Gasteiger partial charge in [0.15, 0.2) is 17.6 Å². The summed E-state index contributed by atoms with van der Waals surface area (Å²) in [6.45, 7) is -0.836. The van der Waals surface area contributed by atoms with Crippen molar-refractivity contribution in [2.75, 3.05) is 13.3 Å². The van der Waals surface area contributed by atoms with Gasteiger partial charge in [-0.15, -0.1) is 0 Å². The first-order chi connectivity index (χ1) is 11.9. The molecule has 0 saturated heterocycles. The minimum atomic E-state index is -3.20. The van der Waals surface area contributed by atoms with E-state index in [0.717, 1.165) is 0 Å². The number of hydrogen-bond acceptors (Lipinski definition) is 5. The number of aliphatic hydroxyl groups excluding tert-OH is 1. The summed E-state index contributed by atoms with van der Waals surface area (Å²) in [4.78, 5) is 12.4. The fourth-order valence-electron chi connectivity index (χ4n) is 2.22. The van der Waals surface area contributed by atoms with E-state index in [-0.39, 0.29) is 12.4 Å². The lowest BCUT2D eigenvalue weighted by atomic mass is 10.1. The summed E-state index contributed by atoms with van der Waals surface area (Å²) in [6, 6.07) is 12.6. The van der Waals surface area contributed by atoms with Crippen molar-refractivity contribution < 1.29 is 28.2 Å². The van der Waals surface area contributed by atoms with Crippen molar-refractivity contribution in [3.05, 3.63) is 54.1 Å². The maximum absolute atomic E-state index is 13.9. The fraction of sp³-hybridized carbons (Fsp3) is 0.235.